The van der Waals surface area contributed by atoms with Crippen LogP contribution >= 0.6 is 7.82 Å². The Balaban J connectivity index is 4.24. The van der Waals surface area contributed by atoms with Crippen molar-refractivity contribution in [1.82, 2.24) is 0 Å². The third-order valence-electron chi connectivity index (χ3n) is 4.15. The number of rotatable bonds is 17. The quantitative estimate of drug-likeness (QED) is 0.220. The van der Waals surface area contributed by atoms with Gasteiger partial charge in [-0.25, -0.2) is 4.57 Å². The summed E-state index contributed by atoms with van der Waals surface area (Å²) >= 11 is 0. The molecule has 2 atom stereocenters. The molecule has 0 saturated heterocycles. The van der Waals surface area contributed by atoms with Crippen LogP contribution in [-0.2, 0) is 18.4 Å². The number of phosphoric acid groups is 1. The van der Waals surface area contributed by atoms with Crippen LogP contribution in [0, 0.1) is 0 Å². The van der Waals surface area contributed by atoms with Crippen molar-refractivity contribution in [3.8, 4) is 0 Å². The summed E-state index contributed by atoms with van der Waals surface area (Å²) in [5, 5.41) is 0. The van der Waals surface area contributed by atoms with Gasteiger partial charge >= 0.3 is 7.82 Å². The summed E-state index contributed by atoms with van der Waals surface area (Å²) < 4.78 is 22.3. The van der Waals surface area contributed by atoms with Gasteiger partial charge in [0, 0.05) is 6.42 Å². The SMILES string of the molecule is CCCCCCCCCCCC(=O)C(C[N+](C)(C)C)OP(=O)(O)OCC. The van der Waals surface area contributed by atoms with E-state index >= 15 is 0 Å². The molecule has 2 unspecified atom stereocenters. The maximum atomic E-state index is 12.5. The van der Waals surface area contributed by atoms with Crippen molar-refractivity contribution in [2.24, 2.45) is 0 Å². The molecule has 0 aliphatic carbocycles. The van der Waals surface area contributed by atoms with Gasteiger partial charge in [0.1, 0.15) is 6.54 Å². The maximum absolute atomic E-state index is 12.5. The molecule has 7 heteroatoms. The van der Waals surface area contributed by atoms with Gasteiger partial charge in [-0.2, -0.15) is 0 Å². The van der Waals surface area contributed by atoms with Crippen LogP contribution in [0.15, 0.2) is 0 Å². The number of carbonyl (C=O) groups is 1. The standard InChI is InChI=1S/C19H40NO5P/c1-6-8-9-10-11-12-13-14-15-16-18(21)19(17-20(3,4)5)25-26(22,23)24-7-2/h19H,6-17H2,1-5H3/p+1. The molecule has 0 radical (unpaired) electrons. The fourth-order valence-corrected chi connectivity index (χ4v) is 3.71. The van der Waals surface area contributed by atoms with Crippen LogP contribution in [0.1, 0.15) is 78.1 Å². The molecule has 0 rings (SSSR count). The number of hydrogen-bond donors (Lipinski definition) is 1. The van der Waals surface area contributed by atoms with E-state index in [9.17, 15) is 14.3 Å². The molecule has 0 spiro atoms. The first-order valence-corrected chi connectivity index (χ1v) is 11.6. The largest absolute Gasteiger partial charge is 0.473 e. The van der Waals surface area contributed by atoms with E-state index in [4.69, 9.17) is 9.05 Å². The van der Waals surface area contributed by atoms with E-state index in [1.54, 1.807) is 6.92 Å². The van der Waals surface area contributed by atoms with Gasteiger partial charge in [-0.15, -0.1) is 0 Å². The van der Waals surface area contributed by atoms with Crippen molar-refractivity contribution in [1.29, 1.82) is 0 Å². The Hall–Kier alpha value is -0.260. The number of nitrogens with zero attached hydrogens (tertiary/aromatic N) is 1. The molecule has 26 heavy (non-hydrogen) atoms. The fourth-order valence-electron chi connectivity index (χ4n) is 2.82. The molecule has 0 aromatic rings. The molecule has 0 saturated carbocycles. The summed E-state index contributed by atoms with van der Waals surface area (Å²) in [6, 6.07) is 0. The van der Waals surface area contributed by atoms with Crippen LogP contribution in [0.5, 0.6) is 0 Å². The topological polar surface area (TPSA) is 72.8 Å². The lowest BCUT2D eigenvalue weighted by Crippen LogP contribution is -2.45. The molecule has 6 nitrogen and oxygen atoms in total. The molecule has 0 fully saturated rings. The van der Waals surface area contributed by atoms with E-state index in [1.807, 2.05) is 21.1 Å². The van der Waals surface area contributed by atoms with Gasteiger partial charge in [0.05, 0.1) is 27.7 Å². The number of likely N-dealkylation sites (N-methyl/N-ethyl adjacent to an activating group) is 1. The fraction of sp³-hybridized carbons (Fsp3) is 0.947. The minimum atomic E-state index is -4.18. The van der Waals surface area contributed by atoms with Gasteiger partial charge in [0.2, 0.25) is 0 Å². The van der Waals surface area contributed by atoms with Crippen LogP contribution in [0.3, 0.4) is 0 Å². The van der Waals surface area contributed by atoms with Gasteiger partial charge in [-0.05, 0) is 13.3 Å². The average molecular weight is 395 g/mol. The molecular formula is C19H41NO5P+. The second-order valence-corrected chi connectivity index (χ2v) is 9.40. The van der Waals surface area contributed by atoms with Gasteiger partial charge < -0.3 is 9.38 Å². The molecular weight excluding hydrogens is 353 g/mol. The molecule has 0 heterocycles. The molecule has 156 valence electrons. The second kappa shape index (κ2) is 13.8. The predicted molar refractivity (Wildman–Crippen MR) is 106 cm³/mol. The van der Waals surface area contributed by atoms with E-state index in [0.717, 1.165) is 19.3 Å². The zero-order chi connectivity index (χ0) is 20.1. The third kappa shape index (κ3) is 14.9. The summed E-state index contributed by atoms with van der Waals surface area (Å²) in [6.45, 7) is 4.24. The number of unbranched alkanes of at least 4 members (excludes halogenated alkanes) is 8. The third-order valence-corrected chi connectivity index (χ3v) is 5.26. The normalized spacial score (nSPS) is 15.6. The van der Waals surface area contributed by atoms with E-state index in [-0.39, 0.29) is 12.4 Å². The smallest absolute Gasteiger partial charge is 0.328 e. The number of hydrogen-bond acceptors (Lipinski definition) is 4. The highest BCUT2D eigenvalue weighted by Crippen LogP contribution is 2.44. The van der Waals surface area contributed by atoms with Crippen molar-refractivity contribution in [2.45, 2.75) is 84.2 Å². The predicted octanol–water partition coefficient (Wildman–Crippen LogP) is 4.70. The minimum absolute atomic E-state index is 0.0668. The highest BCUT2D eigenvalue weighted by atomic mass is 31.2. The van der Waals surface area contributed by atoms with Crippen LogP contribution < -0.4 is 0 Å². The Labute approximate surface area is 160 Å². The van der Waals surface area contributed by atoms with Gasteiger partial charge in [-0.3, -0.25) is 13.8 Å². The Morgan fingerprint density at radius 1 is 0.962 bits per heavy atom. The second-order valence-electron chi connectivity index (χ2n) is 8.00. The Bertz CT molecular complexity index is 423. The lowest BCUT2D eigenvalue weighted by atomic mass is 10.0. The highest BCUT2D eigenvalue weighted by Gasteiger charge is 2.34. The van der Waals surface area contributed by atoms with Crippen molar-refractivity contribution in [3.63, 3.8) is 0 Å². The van der Waals surface area contributed by atoms with Crippen molar-refractivity contribution < 1.29 is 27.8 Å². The maximum Gasteiger partial charge on any atom is 0.473 e. The monoisotopic (exact) mass is 394 g/mol. The molecule has 0 aromatic carbocycles. The number of carbonyl (C=O) groups excluding carboxylic acids is 1. The number of ketones is 1. The van der Waals surface area contributed by atoms with Crippen molar-refractivity contribution >= 4 is 13.6 Å². The van der Waals surface area contributed by atoms with Gasteiger partial charge in [-0.1, -0.05) is 58.3 Å². The lowest BCUT2D eigenvalue weighted by molar-refractivity contribution is -0.872. The molecule has 0 aliphatic rings. The van der Waals surface area contributed by atoms with E-state index in [1.165, 1.54) is 38.5 Å². The van der Waals surface area contributed by atoms with Crippen LogP contribution in [0.4, 0.5) is 0 Å². The molecule has 0 bridgehead atoms. The van der Waals surface area contributed by atoms with Gasteiger partial charge in [0.15, 0.2) is 11.9 Å². The zero-order valence-electron chi connectivity index (χ0n) is 17.5. The minimum Gasteiger partial charge on any atom is -0.328 e. The number of quaternary nitrogens is 1. The van der Waals surface area contributed by atoms with E-state index in [0.29, 0.717) is 17.4 Å². The van der Waals surface area contributed by atoms with E-state index < -0.39 is 13.9 Å². The van der Waals surface area contributed by atoms with Crippen LogP contribution in [-0.4, -0.2) is 55.6 Å². The first-order valence-electron chi connectivity index (χ1n) is 10.1. The van der Waals surface area contributed by atoms with Crippen LogP contribution in [0.25, 0.3) is 0 Å². The Morgan fingerprint density at radius 2 is 1.46 bits per heavy atom. The zero-order valence-corrected chi connectivity index (χ0v) is 18.4. The molecule has 1 N–H and O–H groups in total. The number of phosphoric ester groups is 1. The number of Topliss-reactive ketones (excluding diaryl/α,β-unsaturated/α-hetero) is 1. The van der Waals surface area contributed by atoms with Crippen LogP contribution in [0.2, 0.25) is 0 Å². The molecule has 0 aliphatic heterocycles. The van der Waals surface area contributed by atoms with Crippen molar-refractivity contribution in [3.05, 3.63) is 0 Å². The Kier molecular flexibility index (Phi) is 13.7. The molecule has 0 amide bonds. The summed E-state index contributed by atoms with van der Waals surface area (Å²) in [5.74, 6) is -0.116. The van der Waals surface area contributed by atoms with E-state index in [2.05, 4.69) is 6.92 Å². The lowest BCUT2D eigenvalue weighted by Gasteiger charge is -2.29. The summed E-state index contributed by atoms with van der Waals surface area (Å²) in [6.07, 6.45) is 10.1. The highest BCUT2D eigenvalue weighted by molar-refractivity contribution is 7.47. The van der Waals surface area contributed by atoms with Gasteiger partial charge in [0.25, 0.3) is 0 Å². The first-order chi connectivity index (χ1) is 12.1. The summed E-state index contributed by atoms with van der Waals surface area (Å²) in [4.78, 5) is 22.2. The first kappa shape index (κ1) is 25.7. The Morgan fingerprint density at radius 3 is 1.92 bits per heavy atom. The summed E-state index contributed by atoms with van der Waals surface area (Å²) in [5.41, 5.74) is 0. The summed E-state index contributed by atoms with van der Waals surface area (Å²) in [7, 11) is 1.58. The average Bonchev–Trinajstić information content (AvgIpc) is 2.50. The molecule has 0 aromatic heterocycles. The van der Waals surface area contributed by atoms with Crippen molar-refractivity contribution in [2.75, 3.05) is 34.3 Å².